The standard InChI is InChI=1S/C23H29N3O2/c1-23(2,3)25-21(27)18-8-10-19(11-9-18)22(28)26-16-6-4-5-7-20(26)17-12-14-24-15-13-17/h8-15,20H,4-7,16H2,1-3H3,(H,25,27). The van der Waals surface area contributed by atoms with Gasteiger partial charge >= 0.3 is 0 Å². The first-order chi connectivity index (χ1) is 13.3. The lowest BCUT2D eigenvalue weighted by atomic mass is 10.0. The fourth-order valence-corrected chi connectivity index (χ4v) is 3.63. The molecule has 1 saturated heterocycles. The van der Waals surface area contributed by atoms with E-state index < -0.39 is 0 Å². The van der Waals surface area contributed by atoms with Gasteiger partial charge in [-0.1, -0.05) is 12.8 Å². The molecular formula is C23H29N3O2. The predicted molar refractivity (Wildman–Crippen MR) is 110 cm³/mol. The molecule has 1 fully saturated rings. The van der Waals surface area contributed by atoms with Crippen molar-refractivity contribution >= 4 is 11.8 Å². The quantitative estimate of drug-likeness (QED) is 0.861. The minimum Gasteiger partial charge on any atom is -0.347 e. The maximum absolute atomic E-state index is 13.3. The predicted octanol–water partition coefficient (Wildman–Crippen LogP) is 4.37. The molecule has 1 atom stereocenters. The molecule has 2 amide bonds. The van der Waals surface area contributed by atoms with Gasteiger partial charge in [0.2, 0.25) is 0 Å². The summed E-state index contributed by atoms with van der Waals surface area (Å²) >= 11 is 0. The van der Waals surface area contributed by atoms with Crippen LogP contribution < -0.4 is 5.32 Å². The first-order valence-corrected chi connectivity index (χ1v) is 9.98. The van der Waals surface area contributed by atoms with E-state index in [2.05, 4.69) is 10.3 Å². The van der Waals surface area contributed by atoms with E-state index in [9.17, 15) is 9.59 Å². The second-order valence-corrected chi connectivity index (χ2v) is 8.43. The van der Waals surface area contributed by atoms with Gasteiger partial charge in [0.15, 0.2) is 0 Å². The van der Waals surface area contributed by atoms with Gasteiger partial charge in [-0.15, -0.1) is 0 Å². The van der Waals surface area contributed by atoms with Crippen LogP contribution in [-0.4, -0.2) is 33.8 Å². The first kappa shape index (κ1) is 20.1. The summed E-state index contributed by atoms with van der Waals surface area (Å²) in [4.78, 5) is 31.6. The van der Waals surface area contributed by atoms with Gasteiger partial charge in [0.05, 0.1) is 6.04 Å². The average molecular weight is 380 g/mol. The number of pyridine rings is 1. The Morgan fingerprint density at radius 1 is 0.964 bits per heavy atom. The number of hydrogen-bond donors (Lipinski definition) is 1. The maximum atomic E-state index is 13.3. The van der Waals surface area contributed by atoms with Crippen LogP contribution in [0.15, 0.2) is 48.8 Å². The number of likely N-dealkylation sites (tertiary alicyclic amines) is 1. The molecule has 0 bridgehead atoms. The molecule has 0 radical (unpaired) electrons. The highest BCUT2D eigenvalue weighted by atomic mass is 16.2. The lowest BCUT2D eigenvalue weighted by Crippen LogP contribution is -2.40. The number of carbonyl (C=O) groups is 2. The summed E-state index contributed by atoms with van der Waals surface area (Å²) in [6.07, 6.45) is 7.79. The second-order valence-electron chi connectivity index (χ2n) is 8.43. The van der Waals surface area contributed by atoms with Crippen molar-refractivity contribution in [2.24, 2.45) is 0 Å². The van der Waals surface area contributed by atoms with Crippen LogP contribution >= 0.6 is 0 Å². The number of benzene rings is 1. The highest BCUT2D eigenvalue weighted by Gasteiger charge is 2.27. The zero-order valence-corrected chi connectivity index (χ0v) is 16.9. The third kappa shape index (κ3) is 4.97. The van der Waals surface area contributed by atoms with Crippen LogP contribution in [0.25, 0.3) is 0 Å². The number of hydrogen-bond acceptors (Lipinski definition) is 3. The van der Waals surface area contributed by atoms with Crippen molar-refractivity contribution in [2.75, 3.05) is 6.54 Å². The van der Waals surface area contributed by atoms with E-state index in [0.29, 0.717) is 11.1 Å². The van der Waals surface area contributed by atoms with E-state index >= 15 is 0 Å². The van der Waals surface area contributed by atoms with Crippen LogP contribution in [0.5, 0.6) is 0 Å². The normalized spacial score (nSPS) is 17.7. The summed E-state index contributed by atoms with van der Waals surface area (Å²) in [5.74, 6) is -0.109. The van der Waals surface area contributed by atoms with Crippen LogP contribution in [0.2, 0.25) is 0 Å². The highest BCUT2D eigenvalue weighted by molar-refractivity contribution is 5.98. The Kier molecular flexibility index (Phi) is 6.12. The first-order valence-electron chi connectivity index (χ1n) is 9.98. The van der Waals surface area contributed by atoms with Crippen molar-refractivity contribution < 1.29 is 9.59 Å². The Morgan fingerprint density at radius 2 is 1.61 bits per heavy atom. The summed E-state index contributed by atoms with van der Waals surface area (Å²) in [5.41, 5.74) is 2.02. The molecule has 2 heterocycles. The third-order valence-electron chi connectivity index (χ3n) is 4.99. The zero-order valence-electron chi connectivity index (χ0n) is 16.9. The third-order valence-corrected chi connectivity index (χ3v) is 4.99. The van der Waals surface area contributed by atoms with Crippen molar-refractivity contribution in [3.63, 3.8) is 0 Å². The van der Waals surface area contributed by atoms with Gasteiger partial charge in [0.25, 0.3) is 11.8 Å². The molecule has 5 nitrogen and oxygen atoms in total. The van der Waals surface area contributed by atoms with E-state index in [1.807, 2.05) is 37.8 Å². The van der Waals surface area contributed by atoms with Crippen molar-refractivity contribution in [3.05, 3.63) is 65.5 Å². The Morgan fingerprint density at radius 3 is 2.25 bits per heavy atom. The molecule has 3 rings (SSSR count). The van der Waals surface area contributed by atoms with Crippen LogP contribution in [0.1, 0.15) is 78.8 Å². The molecule has 28 heavy (non-hydrogen) atoms. The van der Waals surface area contributed by atoms with Crippen molar-refractivity contribution in [2.45, 2.75) is 58.0 Å². The number of rotatable bonds is 3. The van der Waals surface area contributed by atoms with Crippen molar-refractivity contribution in [3.8, 4) is 0 Å². The van der Waals surface area contributed by atoms with E-state index in [-0.39, 0.29) is 23.4 Å². The molecule has 0 spiro atoms. The number of nitrogens with one attached hydrogen (secondary N) is 1. The maximum Gasteiger partial charge on any atom is 0.254 e. The van der Waals surface area contributed by atoms with Crippen LogP contribution in [0.4, 0.5) is 0 Å². The molecule has 1 aromatic heterocycles. The molecule has 2 aromatic rings. The lowest BCUT2D eigenvalue weighted by Gasteiger charge is -2.30. The smallest absolute Gasteiger partial charge is 0.254 e. The molecule has 0 aliphatic carbocycles. The van der Waals surface area contributed by atoms with E-state index in [1.54, 1.807) is 36.7 Å². The average Bonchev–Trinajstić information content (AvgIpc) is 2.93. The van der Waals surface area contributed by atoms with Gasteiger partial charge < -0.3 is 10.2 Å². The van der Waals surface area contributed by atoms with Crippen molar-refractivity contribution in [1.82, 2.24) is 15.2 Å². The fraction of sp³-hybridized carbons (Fsp3) is 0.435. The Bertz CT molecular complexity index is 810. The van der Waals surface area contributed by atoms with E-state index in [1.165, 1.54) is 0 Å². The molecule has 0 saturated carbocycles. The largest absolute Gasteiger partial charge is 0.347 e. The fourth-order valence-electron chi connectivity index (χ4n) is 3.63. The van der Waals surface area contributed by atoms with Crippen LogP contribution in [0.3, 0.4) is 0 Å². The molecule has 1 unspecified atom stereocenters. The van der Waals surface area contributed by atoms with E-state index in [0.717, 1.165) is 37.8 Å². The molecule has 1 aliphatic heterocycles. The topological polar surface area (TPSA) is 62.3 Å². The second kappa shape index (κ2) is 8.55. The summed E-state index contributed by atoms with van der Waals surface area (Å²) in [5, 5.41) is 2.94. The van der Waals surface area contributed by atoms with Crippen LogP contribution in [-0.2, 0) is 0 Å². The zero-order chi connectivity index (χ0) is 20.1. The summed E-state index contributed by atoms with van der Waals surface area (Å²) in [7, 11) is 0. The summed E-state index contributed by atoms with van der Waals surface area (Å²) < 4.78 is 0. The molecule has 5 heteroatoms. The van der Waals surface area contributed by atoms with E-state index in [4.69, 9.17) is 0 Å². The SMILES string of the molecule is CC(C)(C)NC(=O)c1ccc(C(=O)N2CCCCCC2c2ccncc2)cc1. The van der Waals surface area contributed by atoms with Gasteiger partial charge in [-0.05, 0) is 75.6 Å². The molecule has 1 aromatic carbocycles. The molecular weight excluding hydrogens is 350 g/mol. The lowest BCUT2D eigenvalue weighted by molar-refractivity contribution is 0.0680. The monoisotopic (exact) mass is 379 g/mol. The van der Waals surface area contributed by atoms with Crippen molar-refractivity contribution in [1.29, 1.82) is 0 Å². The molecule has 1 N–H and O–H groups in total. The number of nitrogens with zero attached hydrogens (tertiary/aromatic N) is 2. The Hall–Kier alpha value is -2.69. The van der Waals surface area contributed by atoms with Gasteiger partial charge in [-0.25, -0.2) is 0 Å². The van der Waals surface area contributed by atoms with Gasteiger partial charge in [-0.3, -0.25) is 14.6 Å². The van der Waals surface area contributed by atoms with Gasteiger partial charge in [0.1, 0.15) is 0 Å². The summed E-state index contributed by atoms with van der Waals surface area (Å²) in [6.45, 7) is 6.59. The number of amides is 2. The Labute approximate surface area is 167 Å². The number of carbonyl (C=O) groups excluding carboxylic acids is 2. The Balaban J connectivity index is 1.80. The minimum absolute atomic E-state index is 0.0199. The van der Waals surface area contributed by atoms with Crippen LogP contribution in [0, 0.1) is 0 Å². The number of aromatic nitrogens is 1. The van der Waals surface area contributed by atoms with Gasteiger partial charge in [-0.2, -0.15) is 0 Å². The molecule has 148 valence electrons. The molecule has 1 aliphatic rings. The minimum atomic E-state index is -0.296. The highest BCUT2D eigenvalue weighted by Crippen LogP contribution is 2.31. The summed E-state index contributed by atoms with van der Waals surface area (Å²) in [6, 6.07) is 11.0. The van der Waals surface area contributed by atoms with Gasteiger partial charge in [0, 0.05) is 35.6 Å².